The summed E-state index contributed by atoms with van der Waals surface area (Å²) in [5, 5.41) is 2.71. The quantitative estimate of drug-likeness (QED) is 0.825. The van der Waals surface area contributed by atoms with Gasteiger partial charge in [-0.25, -0.2) is 0 Å². The van der Waals surface area contributed by atoms with Crippen LogP contribution in [-0.2, 0) is 11.0 Å². The Labute approximate surface area is 155 Å². The Morgan fingerprint density at radius 1 is 1.15 bits per heavy atom. The van der Waals surface area contributed by atoms with Gasteiger partial charge in [-0.2, -0.15) is 13.2 Å². The van der Waals surface area contributed by atoms with Crippen molar-refractivity contribution in [2.75, 3.05) is 29.9 Å². The molecule has 1 aliphatic rings. The summed E-state index contributed by atoms with van der Waals surface area (Å²) in [6.45, 7) is 3.70. The molecule has 0 atom stereocenters. The highest BCUT2D eigenvalue weighted by Crippen LogP contribution is 2.31. The van der Waals surface area contributed by atoms with E-state index >= 15 is 0 Å². The van der Waals surface area contributed by atoms with Gasteiger partial charge in [0.05, 0.1) is 5.56 Å². The lowest BCUT2D eigenvalue weighted by molar-refractivity contribution is -0.137. The van der Waals surface area contributed by atoms with Gasteiger partial charge in [-0.05, 0) is 61.7 Å². The van der Waals surface area contributed by atoms with Gasteiger partial charge in [0, 0.05) is 24.5 Å². The lowest BCUT2D eigenvalue weighted by Crippen LogP contribution is -2.21. The maximum atomic E-state index is 12.7. The van der Waals surface area contributed by atoms with Crippen LogP contribution in [0.3, 0.4) is 0 Å². The van der Waals surface area contributed by atoms with Crippen molar-refractivity contribution >= 4 is 17.3 Å². The number of carbonyl (C=O) groups is 1. The SMILES string of the molecule is Cc1cc(NC(=O)COc2cccc(C(F)(F)F)c2)ccc1N1CCCC1. The van der Waals surface area contributed by atoms with Gasteiger partial charge >= 0.3 is 6.18 Å². The Hall–Kier alpha value is -2.70. The highest BCUT2D eigenvalue weighted by Gasteiger charge is 2.30. The Morgan fingerprint density at radius 2 is 1.89 bits per heavy atom. The standard InChI is InChI=1S/C20H21F3N2O2/c1-14-11-16(7-8-18(14)25-9-2-3-10-25)24-19(26)13-27-17-6-4-5-15(12-17)20(21,22)23/h4-8,11-12H,2-3,9-10,13H2,1H3,(H,24,26). The summed E-state index contributed by atoms with van der Waals surface area (Å²) in [7, 11) is 0. The first-order valence-electron chi connectivity index (χ1n) is 8.78. The molecule has 144 valence electrons. The molecule has 0 spiro atoms. The van der Waals surface area contributed by atoms with Crippen LogP contribution in [0.5, 0.6) is 5.75 Å². The van der Waals surface area contributed by atoms with E-state index in [1.54, 1.807) is 0 Å². The van der Waals surface area contributed by atoms with Gasteiger partial charge in [0.25, 0.3) is 5.91 Å². The fraction of sp³-hybridized carbons (Fsp3) is 0.350. The molecule has 1 heterocycles. The molecule has 0 radical (unpaired) electrons. The number of carbonyl (C=O) groups excluding carboxylic acids is 1. The molecular weight excluding hydrogens is 357 g/mol. The van der Waals surface area contributed by atoms with Gasteiger partial charge in [0.15, 0.2) is 6.61 Å². The smallest absolute Gasteiger partial charge is 0.416 e. The predicted molar refractivity (Wildman–Crippen MR) is 98.2 cm³/mol. The number of halogens is 3. The second-order valence-electron chi connectivity index (χ2n) is 6.56. The van der Waals surface area contributed by atoms with E-state index in [9.17, 15) is 18.0 Å². The lowest BCUT2D eigenvalue weighted by atomic mass is 10.1. The molecule has 2 aromatic carbocycles. The molecular formula is C20H21F3N2O2. The van der Waals surface area contributed by atoms with Crippen LogP contribution >= 0.6 is 0 Å². The molecule has 1 amide bonds. The van der Waals surface area contributed by atoms with Crippen LogP contribution in [0, 0.1) is 6.92 Å². The summed E-state index contributed by atoms with van der Waals surface area (Å²) in [6, 6.07) is 10.1. The lowest BCUT2D eigenvalue weighted by Gasteiger charge is -2.20. The number of hydrogen-bond acceptors (Lipinski definition) is 3. The number of rotatable bonds is 5. The summed E-state index contributed by atoms with van der Waals surface area (Å²) in [5.41, 5.74) is 2.04. The van der Waals surface area contributed by atoms with Crippen molar-refractivity contribution in [3.05, 3.63) is 53.6 Å². The normalized spacial score (nSPS) is 14.3. The van der Waals surface area contributed by atoms with Crippen molar-refractivity contribution in [3.63, 3.8) is 0 Å². The number of hydrogen-bond donors (Lipinski definition) is 1. The molecule has 1 fully saturated rings. The molecule has 27 heavy (non-hydrogen) atoms. The predicted octanol–water partition coefficient (Wildman–Crippen LogP) is 4.63. The Morgan fingerprint density at radius 3 is 2.56 bits per heavy atom. The van der Waals surface area contributed by atoms with E-state index in [1.165, 1.54) is 25.0 Å². The van der Waals surface area contributed by atoms with E-state index in [2.05, 4.69) is 10.2 Å². The highest BCUT2D eigenvalue weighted by atomic mass is 19.4. The van der Waals surface area contributed by atoms with Gasteiger partial charge in [-0.15, -0.1) is 0 Å². The second-order valence-corrected chi connectivity index (χ2v) is 6.56. The third-order valence-corrected chi connectivity index (χ3v) is 4.46. The number of ether oxygens (including phenoxy) is 1. The zero-order chi connectivity index (χ0) is 19.4. The van der Waals surface area contributed by atoms with Gasteiger partial charge in [-0.3, -0.25) is 4.79 Å². The number of benzene rings is 2. The summed E-state index contributed by atoms with van der Waals surface area (Å²) in [5.74, 6) is -0.429. The van der Waals surface area contributed by atoms with Crippen molar-refractivity contribution in [1.82, 2.24) is 0 Å². The van der Waals surface area contributed by atoms with Crippen LogP contribution in [-0.4, -0.2) is 25.6 Å². The molecule has 0 bridgehead atoms. The second kappa shape index (κ2) is 7.90. The average molecular weight is 378 g/mol. The van der Waals surface area contributed by atoms with Crippen molar-refractivity contribution in [1.29, 1.82) is 0 Å². The minimum atomic E-state index is -4.45. The summed E-state index contributed by atoms with van der Waals surface area (Å²) < 4.78 is 43.3. The largest absolute Gasteiger partial charge is 0.484 e. The van der Waals surface area contributed by atoms with Crippen molar-refractivity contribution in [2.24, 2.45) is 0 Å². The van der Waals surface area contributed by atoms with E-state index in [-0.39, 0.29) is 12.4 Å². The molecule has 2 aromatic rings. The first-order chi connectivity index (χ1) is 12.8. The van der Waals surface area contributed by atoms with Crippen molar-refractivity contribution in [2.45, 2.75) is 25.9 Å². The van der Waals surface area contributed by atoms with Crippen LogP contribution < -0.4 is 15.0 Å². The molecule has 1 saturated heterocycles. The summed E-state index contributed by atoms with van der Waals surface area (Å²) in [4.78, 5) is 14.4. The Bertz CT molecular complexity index is 815. The minimum absolute atomic E-state index is 0.000497. The highest BCUT2D eigenvalue weighted by molar-refractivity contribution is 5.92. The topological polar surface area (TPSA) is 41.6 Å². The van der Waals surface area contributed by atoms with Crippen LogP contribution in [0.4, 0.5) is 24.5 Å². The maximum Gasteiger partial charge on any atom is 0.416 e. The summed E-state index contributed by atoms with van der Waals surface area (Å²) >= 11 is 0. The van der Waals surface area contributed by atoms with E-state index in [1.807, 2.05) is 25.1 Å². The zero-order valence-corrected chi connectivity index (χ0v) is 15.0. The third kappa shape index (κ3) is 4.93. The van der Waals surface area contributed by atoms with Gasteiger partial charge in [0.2, 0.25) is 0 Å². The molecule has 7 heteroatoms. The van der Waals surface area contributed by atoms with Crippen LogP contribution in [0.15, 0.2) is 42.5 Å². The molecule has 0 unspecified atom stereocenters. The molecule has 1 aliphatic heterocycles. The van der Waals surface area contributed by atoms with E-state index in [0.29, 0.717) is 5.69 Å². The van der Waals surface area contributed by atoms with Crippen LogP contribution in [0.2, 0.25) is 0 Å². The van der Waals surface area contributed by atoms with Crippen LogP contribution in [0.25, 0.3) is 0 Å². The minimum Gasteiger partial charge on any atom is -0.484 e. The van der Waals surface area contributed by atoms with Gasteiger partial charge < -0.3 is 15.0 Å². The molecule has 4 nitrogen and oxygen atoms in total. The fourth-order valence-corrected chi connectivity index (χ4v) is 3.15. The monoisotopic (exact) mass is 378 g/mol. The van der Waals surface area contributed by atoms with Gasteiger partial charge in [-0.1, -0.05) is 6.07 Å². The molecule has 1 N–H and O–H groups in total. The maximum absolute atomic E-state index is 12.7. The van der Waals surface area contributed by atoms with Crippen molar-refractivity contribution in [3.8, 4) is 5.75 Å². The fourth-order valence-electron chi connectivity index (χ4n) is 3.15. The molecule has 3 rings (SSSR count). The molecule has 0 aliphatic carbocycles. The molecule has 0 saturated carbocycles. The van der Waals surface area contributed by atoms with Gasteiger partial charge in [0.1, 0.15) is 5.75 Å². The van der Waals surface area contributed by atoms with E-state index in [4.69, 9.17) is 4.74 Å². The first kappa shape index (κ1) is 19.1. The van der Waals surface area contributed by atoms with Crippen molar-refractivity contribution < 1.29 is 22.7 Å². The Kier molecular flexibility index (Phi) is 5.58. The average Bonchev–Trinajstić information content (AvgIpc) is 3.14. The number of nitrogens with one attached hydrogen (secondary N) is 1. The Balaban J connectivity index is 1.57. The van der Waals surface area contributed by atoms with Crippen LogP contribution in [0.1, 0.15) is 24.0 Å². The van der Waals surface area contributed by atoms with E-state index in [0.717, 1.165) is 36.5 Å². The van der Waals surface area contributed by atoms with E-state index < -0.39 is 17.6 Å². The zero-order valence-electron chi connectivity index (χ0n) is 15.0. The first-order valence-corrected chi connectivity index (χ1v) is 8.78. The number of alkyl halides is 3. The number of anilines is 2. The number of amides is 1. The number of aryl methyl sites for hydroxylation is 1. The third-order valence-electron chi connectivity index (χ3n) is 4.46. The summed E-state index contributed by atoms with van der Waals surface area (Å²) in [6.07, 6.45) is -2.08. The molecule has 0 aromatic heterocycles. The number of nitrogens with zero attached hydrogens (tertiary/aromatic N) is 1.